The fourth-order valence-electron chi connectivity index (χ4n) is 3.87. The first-order valence-electron chi connectivity index (χ1n) is 10.5. The van der Waals surface area contributed by atoms with Crippen LogP contribution in [0.3, 0.4) is 0 Å². The summed E-state index contributed by atoms with van der Waals surface area (Å²) in [4.78, 5) is 33.9. The number of carbonyl (C=O) groups is 2. The zero-order valence-electron chi connectivity index (χ0n) is 17.8. The molecular weight excluding hydrogens is 378 g/mol. The number of benzene rings is 1. The third-order valence-corrected chi connectivity index (χ3v) is 5.63. The van der Waals surface area contributed by atoms with E-state index in [4.69, 9.17) is 0 Å². The number of aliphatic hydroxyl groups is 1. The molecule has 0 bridgehead atoms. The Hall–Kier alpha value is -2.99. The maximum Gasteiger partial charge on any atom is 0.295 e. The Labute approximate surface area is 177 Å². The van der Waals surface area contributed by atoms with E-state index in [0.29, 0.717) is 17.7 Å². The van der Waals surface area contributed by atoms with Crippen molar-refractivity contribution < 1.29 is 14.7 Å². The molecule has 0 spiro atoms. The number of aromatic nitrogens is 1. The Kier molecular flexibility index (Phi) is 7.00. The third-order valence-electron chi connectivity index (χ3n) is 5.63. The summed E-state index contributed by atoms with van der Waals surface area (Å²) in [6, 6.07) is 10.2. The van der Waals surface area contributed by atoms with Crippen molar-refractivity contribution in [3.05, 3.63) is 71.1 Å². The van der Waals surface area contributed by atoms with Crippen LogP contribution in [0.2, 0.25) is 0 Å². The molecule has 6 heteroatoms. The molecule has 2 aromatic rings. The number of hydrogen-bond acceptors (Lipinski definition) is 5. The van der Waals surface area contributed by atoms with Gasteiger partial charge in [0.25, 0.3) is 11.7 Å². The van der Waals surface area contributed by atoms with Crippen molar-refractivity contribution in [3.8, 4) is 0 Å². The molecule has 0 aliphatic carbocycles. The van der Waals surface area contributed by atoms with E-state index >= 15 is 0 Å². The standard InChI is InChI=1S/C24H29N3O3/c1-4-26(5-2)14-7-15-27-21(19-8-6-13-25-16-19)20(23(29)24(27)30)22(28)18-11-9-17(3)10-12-18/h6,8-13,16,21,28H,4-5,7,14-15H2,1-3H3/b22-20+. The van der Waals surface area contributed by atoms with E-state index in [0.717, 1.165) is 31.6 Å². The van der Waals surface area contributed by atoms with Crippen LogP contribution < -0.4 is 0 Å². The first-order chi connectivity index (χ1) is 14.5. The van der Waals surface area contributed by atoms with Gasteiger partial charge in [-0.15, -0.1) is 0 Å². The molecule has 1 atom stereocenters. The summed E-state index contributed by atoms with van der Waals surface area (Å²) in [5.74, 6) is -1.37. The normalized spacial score (nSPS) is 18.4. The summed E-state index contributed by atoms with van der Waals surface area (Å²) in [5.41, 5.74) is 2.41. The lowest BCUT2D eigenvalue weighted by Crippen LogP contribution is -2.33. The molecule has 1 amide bonds. The van der Waals surface area contributed by atoms with Crippen LogP contribution in [-0.4, -0.2) is 57.8 Å². The van der Waals surface area contributed by atoms with E-state index in [2.05, 4.69) is 23.7 Å². The van der Waals surface area contributed by atoms with Crippen molar-refractivity contribution in [2.24, 2.45) is 0 Å². The van der Waals surface area contributed by atoms with Crippen LogP contribution in [0.5, 0.6) is 0 Å². The number of hydrogen-bond donors (Lipinski definition) is 1. The fraction of sp³-hybridized carbons (Fsp3) is 0.375. The van der Waals surface area contributed by atoms with Gasteiger partial charge in [0.1, 0.15) is 5.76 Å². The van der Waals surface area contributed by atoms with Crippen LogP contribution in [-0.2, 0) is 9.59 Å². The van der Waals surface area contributed by atoms with Crippen LogP contribution >= 0.6 is 0 Å². The second-order valence-corrected chi connectivity index (χ2v) is 7.53. The van der Waals surface area contributed by atoms with E-state index in [1.807, 2.05) is 25.1 Å². The average molecular weight is 408 g/mol. The highest BCUT2D eigenvalue weighted by Crippen LogP contribution is 2.39. The molecule has 1 aromatic heterocycles. The summed E-state index contributed by atoms with van der Waals surface area (Å²) in [5, 5.41) is 11.0. The van der Waals surface area contributed by atoms with Crippen molar-refractivity contribution in [2.75, 3.05) is 26.2 Å². The number of ketones is 1. The van der Waals surface area contributed by atoms with Crippen molar-refractivity contribution in [2.45, 2.75) is 33.2 Å². The quantitative estimate of drug-likeness (QED) is 0.412. The summed E-state index contributed by atoms with van der Waals surface area (Å²) < 4.78 is 0. The number of aliphatic hydroxyl groups excluding tert-OH is 1. The van der Waals surface area contributed by atoms with E-state index in [9.17, 15) is 14.7 Å². The largest absolute Gasteiger partial charge is 0.507 e. The number of nitrogens with zero attached hydrogens (tertiary/aromatic N) is 3. The molecule has 0 radical (unpaired) electrons. The van der Waals surface area contributed by atoms with Gasteiger partial charge in [-0.25, -0.2) is 0 Å². The van der Waals surface area contributed by atoms with Gasteiger partial charge in [0, 0.05) is 24.5 Å². The van der Waals surface area contributed by atoms with E-state index in [-0.39, 0.29) is 11.3 Å². The highest BCUT2D eigenvalue weighted by atomic mass is 16.3. The molecule has 0 saturated carbocycles. The van der Waals surface area contributed by atoms with E-state index < -0.39 is 17.7 Å². The number of likely N-dealkylation sites (tertiary alicyclic amines) is 1. The van der Waals surface area contributed by atoms with Crippen LogP contribution in [0.15, 0.2) is 54.4 Å². The van der Waals surface area contributed by atoms with Crippen LogP contribution in [0.1, 0.15) is 43.0 Å². The SMILES string of the molecule is CCN(CC)CCCN1C(=O)C(=O)/C(=C(/O)c2ccc(C)cc2)C1c1cccnc1. The summed E-state index contributed by atoms with van der Waals surface area (Å²) in [6.07, 6.45) is 4.04. The molecule has 1 aliphatic heterocycles. The third kappa shape index (κ3) is 4.44. The second-order valence-electron chi connectivity index (χ2n) is 7.53. The molecule has 1 saturated heterocycles. The Bertz CT molecular complexity index is 918. The molecule has 1 N–H and O–H groups in total. The second kappa shape index (κ2) is 9.67. The predicted octanol–water partition coefficient (Wildman–Crippen LogP) is 3.54. The maximum absolute atomic E-state index is 13.0. The van der Waals surface area contributed by atoms with Crippen LogP contribution in [0, 0.1) is 6.92 Å². The number of rotatable bonds is 8. The van der Waals surface area contributed by atoms with Gasteiger partial charge in [-0.2, -0.15) is 0 Å². The topological polar surface area (TPSA) is 73.7 Å². The zero-order chi connectivity index (χ0) is 21.7. The van der Waals surface area contributed by atoms with Gasteiger partial charge in [0.15, 0.2) is 0 Å². The first kappa shape index (κ1) is 21.7. The van der Waals surface area contributed by atoms with Gasteiger partial charge in [0.05, 0.1) is 11.6 Å². The number of pyridine rings is 1. The van der Waals surface area contributed by atoms with Gasteiger partial charge in [-0.1, -0.05) is 49.7 Å². The monoisotopic (exact) mass is 407 g/mol. The fourth-order valence-corrected chi connectivity index (χ4v) is 3.87. The van der Waals surface area contributed by atoms with Crippen molar-refractivity contribution in [1.29, 1.82) is 0 Å². The van der Waals surface area contributed by atoms with Crippen molar-refractivity contribution in [3.63, 3.8) is 0 Å². The Morgan fingerprint density at radius 2 is 1.83 bits per heavy atom. The molecule has 1 unspecified atom stereocenters. The van der Waals surface area contributed by atoms with Gasteiger partial charge in [0.2, 0.25) is 0 Å². The van der Waals surface area contributed by atoms with Gasteiger partial charge >= 0.3 is 0 Å². The number of amides is 1. The molecule has 3 rings (SSSR count). The molecule has 2 heterocycles. The lowest BCUT2D eigenvalue weighted by atomic mass is 9.96. The van der Waals surface area contributed by atoms with Gasteiger partial charge in [-0.3, -0.25) is 14.6 Å². The minimum absolute atomic E-state index is 0.125. The van der Waals surface area contributed by atoms with Crippen LogP contribution in [0.4, 0.5) is 0 Å². The first-order valence-corrected chi connectivity index (χ1v) is 10.5. The number of Topliss-reactive ketones (excluding diaryl/α,β-unsaturated/α-hetero) is 1. The Balaban J connectivity index is 1.99. The lowest BCUT2D eigenvalue weighted by Gasteiger charge is -2.26. The minimum atomic E-state index is -0.648. The molecule has 6 nitrogen and oxygen atoms in total. The van der Waals surface area contributed by atoms with Crippen molar-refractivity contribution >= 4 is 17.4 Å². The van der Waals surface area contributed by atoms with E-state index in [1.54, 1.807) is 35.5 Å². The van der Waals surface area contributed by atoms with Crippen molar-refractivity contribution in [1.82, 2.24) is 14.8 Å². The predicted molar refractivity (Wildman–Crippen MR) is 117 cm³/mol. The minimum Gasteiger partial charge on any atom is -0.507 e. The zero-order valence-corrected chi connectivity index (χ0v) is 17.8. The summed E-state index contributed by atoms with van der Waals surface area (Å²) in [6.45, 7) is 9.32. The molecule has 30 heavy (non-hydrogen) atoms. The Morgan fingerprint density at radius 1 is 1.13 bits per heavy atom. The van der Waals surface area contributed by atoms with E-state index in [1.165, 1.54) is 0 Å². The molecule has 1 fully saturated rings. The molecule has 158 valence electrons. The molecule has 1 aromatic carbocycles. The smallest absolute Gasteiger partial charge is 0.295 e. The highest BCUT2D eigenvalue weighted by Gasteiger charge is 2.45. The van der Waals surface area contributed by atoms with Gasteiger partial charge in [-0.05, 0) is 44.6 Å². The van der Waals surface area contributed by atoms with Crippen LogP contribution in [0.25, 0.3) is 5.76 Å². The molecule has 1 aliphatic rings. The summed E-state index contributed by atoms with van der Waals surface area (Å²) in [7, 11) is 0. The maximum atomic E-state index is 13.0. The number of carbonyl (C=O) groups excluding carboxylic acids is 2. The number of aryl methyl sites for hydroxylation is 1. The summed E-state index contributed by atoms with van der Waals surface area (Å²) >= 11 is 0. The Morgan fingerprint density at radius 3 is 2.43 bits per heavy atom. The highest BCUT2D eigenvalue weighted by molar-refractivity contribution is 6.46. The average Bonchev–Trinajstić information content (AvgIpc) is 3.02. The van der Waals surface area contributed by atoms with Gasteiger partial charge < -0.3 is 14.9 Å². The molecular formula is C24H29N3O3. The lowest BCUT2D eigenvalue weighted by molar-refractivity contribution is -0.140.